The summed E-state index contributed by atoms with van der Waals surface area (Å²) in [6.07, 6.45) is 0. The predicted octanol–water partition coefficient (Wildman–Crippen LogP) is 3.32. The van der Waals surface area contributed by atoms with Gasteiger partial charge in [-0.2, -0.15) is 0 Å². The van der Waals surface area contributed by atoms with Gasteiger partial charge in [-0.1, -0.05) is 0 Å². The van der Waals surface area contributed by atoms with Crippen LogP contribution in [0.2, 0.25) is 0 Å². The smallest absolute Gasteiger partial charge is 0.271 e. The average Bonchev–Trinajstić information content (AvgIpc) is 2.55. The maximum Gasteiger partial charge on any atom is 0.271 e. The van der Waals surface area contributed by atoms with Crippen molar-refractivity contribution in [3.8, 4) is 5.75 Å². The van der Waals surface area contributed by atoms with E-state index in [-0.39, 0.29) is 16.5 Å². The molecule has 0 aliphatic carbocycles. The summed E-state index contributed by atoms with van der Waals surface area (Å²) in [5.74, 6) is 0.383. The summed E-state index contributed by atoms with van der Waals surface area (Å²) in [4.78, 5) is 20.4. The van der Waals surface area contributed by atoms with Crippen molar-refractivity contribution >= 4 is 40.1 Å². The van der Waals surface area contributed by atoms with E-state index < -0.39 is 9.85 Å². The first-order valence-corrected chi connectivity index (χ1v) is 6.96. The number of nitrogens with zero attached hydrogens (tertiary/aromatic N) is 2. The van der Waals surface area contributed by atoms with Crippen LogP contribution in [0.25, 0.3) is 0 Å². The van der Waals surface area contributed by atoms with Crippen molar-refractivity contribution in [3.63, 3.8) is 0 Å². The Kier molecular flexibility index (Phi) is 5.22. The van der Waals surface area contributed by atoms with Crippen molar-refractivity contribution in [3.05, 3.63) is 62.7 Å². The number of hydrogen-bond acceptors (Lipinski definition) is 6. The maximum absolute atomic E-state index is 10.8. The van der Waals surface area contributed by atoms with Gasteiger partial charge in [0.05, 0.1) is 22.6 Å². The molecule has 0 atom stereocenters. The zero-order chi connectivity index (χ0) is 17.7. The zero-order valence-electron chi connectivity index (χ0n) is 12.4. The third-order valence-corrected chi connectivity index (χ3v) is 3.18. The van der Waals surface area contributed by atoms with Crippen LogP contribution in [0.3, 0.4) is 0 Å². The van der Waals surface area contributed by atoms with Crippen LogP contribution in [-0.2, 0) is 0 Å². The Hall–Kier alpha value is -3.27. The number of benzene rings is 2. The van der Waals surface area contributed by atoms with Crippen LogP contribution in [0.15, 0.2) is 42.5 Å². The first-order chi connectivity index (χ1) is 11.4. The summed E-state index contributed by atoms with van der Waals surface area (Å²) < 4.78 is 5.13. The van der Waals surface area contributed by atoms with Crippen LogP contribution in [0, 0.1) is 20.2 Å². The third-order valence-electron chi connectivity index (χ3n) is 2.98. The topological polar surface area (TPSA) is 120 Å². The number of non-ortho nitro benzene ring substituents is 2. The lowest BCUT2D eigenvalue weighted by atomic mass is 10.2. The van der Waals surface area contributed by atoms with Crippen molar-refractivity contribution in [2.45, 2.75) is 0 Å². The highest BCUT2D eigenvalue weighted by Gasteiger charge is 2.12. The number of ether oxygens (including phenoxy) is 1. The van der Waals surface area contributed by atoms with Gasteiger partial charge in [0.15, 0.2) is 5.11 Å². The minimum absolute atomic E-state index is 0.0419. The molecule has 0 bridgehead atoms. The molecule has 2 aromatic rings. The summed E-state index contributed by atoms with van der Waals surface area (Å²) in [6.45, 7) is 0. The molecule has 0 aromatic heterocycles. The Bertz CT molecular complexity index is 794. The summed E-state index contributed by atoms with van der Waals surface area (Å²) in [5.41, 5.74) is 0.699. The van der Waals surface area contributed by atoms with E-state index in [0.717, 1.165) is 0 Å². The lowest BCUT2D eigenvalue weighted by Gasteiger charge is -2.13. The number of methoxy groups -OCH3 is 1. The first-order valence-electron chi connectivity index (χ1n) is 6.55. The zero-order valence-corrected chi connectivity index (χ0v) is 13.2. The Morgan fingerprint density at radius 3 is 2.12 bits per heavy atom. The van der Waals surface area contributed by atoms with Gasteiger partial charge in [-0.25, -0.2) is 0 Å². The Morgan fingerprint density at radius 2 is 1.58 bits per heavy atom. The van der Waals surface area contributed by atoms with Crippen LogP contribution in [0.4, 0.5) is 22.7 Å². The molecule has 0 aliphatic heterocycles. The number of nitro groups is 2. The highest BCUT2D eigenvalue weighted by molar-refractivity contribution is 7.80. The van der Waals surface area contributed by atoms with E-state index in [1.807, 2.05) is 0 Å². The second-order valence-corrected chi connectivity index (χ2v) is 4.93. The van der Waals surface area contributed by atoms with E-state index in [1.165, 1.54) is 49.6 Å². The second-order valence-electron chi connectivity index (χ2n) is 4.52. The van der Waals surface area contributed by atoms with Gasteiger partial charge >= 0.3 is 0 Å². The number of rotatable bonds is 5. The van der Waals surface area contributed by atoms with Gasteiger partial charge in [0, 0.05) is 30.0 Å². The molecule has 24 heavy (non-hydrogen) atoms. The van der Waals surface area contributed by atoms with Gasteiger partial charge in [0.2, 0.25) is 0 Å². The van der Waals surface area contributed by atoms with Crippen molar-refractivity contribution in [1.29, 1.82) is 0 Å². The Morgan fingerprint density at radius 1 is 1.00 bits per heavy atom. The van der Waals surface area contributed by atoms with Crippen LogP contribution in [0.1, 0.15) is 0 Å². The van der Waals surface area contributed by atoms with Crippen molar-refractivity contribution in [2.24, 2.45) is 0 Å². The number of thiocarbonyl (C=S) groups is 1. The highest BCUT2D eigenvalue weighted by atomic mass is 32.1. The maximum atomic E-state index is 10.8. The van der Waals surface area contributed by atoms with Gasteiger partial charge in [-0.05, 0) is 30.4 Å². The van der Waals surface area contributed by atoms with Gasteiger partial charge in [-0.15, -0.1) is 0 Å². The fourth-order valence-corrected chi connectivity index (χ4v) is 2.09. The highest BCUT2D eigenvalue weighted by Crippen LogP contribution is 2.29. The van der Waals surface area contributed by atoms with Crippen molar-refractivity contribution in [1.82, 2.24) is 0 Å². The Labute approximate surface area is 141 Å². The Balaban J connectivity index is 2.12. The molecule has 124 valence electrons. The fourth-order valence-electron chi connectivity index (χ4n) is 1.86. The van der Waals surface area contributed by atoms with E-state index in [9.17, 15) is 20.2 Å². The van der Waals surface area contributed by atoms with E-state index >= 15 is 0 Å². The second kappa shape index (κ2) is 7.33. The minimum Gasteiger partial charge on any atom is -0.495 e. The molecule has 0 heterocycles. The van der Waals surface area contributed by atoms with Crippen molar-refractivity contribution in [2.75, 3.05) is 17.7 Å². The molecule has 0 unspecified atom stereocenters. The fraction of sp³-hybridized carbons (Fsp3) is 0.0714. The van der Waals surface area contributed by atoms with Gasteiger partial charge < -0.3 is 15.4 Å². The summed E-state index contributed by atoms with van der Waals surface area (Å²) in [5, 5.41) is 27.2. The SMILES string of the molecule is COc1ccc([N+](=O)[O-])cc1NC(=S)Nc1ccc([N+](=O)[O-])cc1. The van der Waals surface area contributed by atoms with E-state index in [1.54, 1.807) is 0 Å². The molecule has 0 radical (unpaired) electrons. The molecule has 2 aromatic carbocycles. The lowest BCUT2D eigenvalue weighted by Crippen LogP contribution is -2.19. The van der Waals surface area contributed by atoms with E-state index in [2.05, 4.69) is 10.6 Å². The lowest BCUT2D eigenvalue weighted by molar-refractivity contribution is -0.385. The first kappa shape index (κ1) is 17.1. The van der Waals surface area contributed by atoms with Gasteiger partial charge in [-0.3, -0.25) is 20.2 Å². The minimum atomic E-state index is -0.530. The molecule has 2 rings (SSSR count). The normalized spacial score (nSPS) is 9.88. The predicted molar refractivity (Wildman–Crippen MR) is 92.6 cm³/mol. The molecule has 0 saturated heterocycles. The molecular weight excluding hydrogens is 336 g/mol. The number of nitrogens with one attached hydrogen (secondary N) is 2. The summed E-state index contributed by atoms with van der Waals surface area (Å²) >= 11 is 5.14. The molecule has 9 nitrogen and oxygen atoms in total. The molecule has 2 N–H and O–H groups in total. The van der Waals surface area contributed by atoms with Crippen LogP contribution < -0.4 is 15.4 Å². The molecule has 0 aliphatic rings. The number of hydrogen-bond donors (Lipinski definition) is 2. The molecule has 0 amide bonds. The van der Waals surface area contributed by atoms with Crippen LogP contribution in [-0.4, -0.2) is 22.1 Å². The van der Waals surface area contributed by atoms with E-state index in [0.29, 0.717) is 17.1 Å². The molecular formula is C14H12N4O5S. The summed E-state index contributed by atoms with van der Waals surface area (Å²) in [6, 6.07) is 9.72. The molecule has 10 heteroatoms. The van der Waals surface area contributed by atoms with E-state index in [4.69, 9.17) is 17.0 Å². The monoisotopic (exact) mass is 348 g/mol. The van der Waals surface area contributed by atoms with Gasteiger partial charge in [0.25, 0.3) is 11.4 Å². The molecule has 0 fully saturated rings. The van der Waals surface area contributed by atoms with Crippen LogP contribution in [0.5, 0.6) is 5.75 Å². The molecule has 0 spiro atoms. The average molecular weight is 348 g/mol. The number of nitro benzene ring substituents is 2. The largest absolute Gasteiger partial charge is 0.495 e. The van der Waals surface area contributed by atoms with Crippen molar-refractivity contribution < 1.29 is 14.6 Å². The third kappa shape index (κ3) is 4.14. The summed E-state index contributed by atoms with van der Waals surface area (Å²) in [7, 11) is 1.43. The quantitative estimate of drug-likeness (QED) is 0.480. The standard InChI is InChI=1S/C14H12N4O5S/c1-23-13-7-6-11(18(21)22)8-12(13)16-14(24)15-9-2-4-10(5-3-9)17(19)20/h2-8H,1H3,(H2,15,16,24). The molecule has 0 saturated carbocycles. The van der Waals surface area contributed by atoms with Gasteiger partial charge in [0.1, 0.15) is 5.75 Å². The van der Waals surface area contributed by atoms with Crippen LogP contribution >= 0.6 is 12.2 Å². The number of anilines is 2.